The van der Waals surface area contributed by atoms with Crippen LogP contribution in [0.5, 0.6) is 0 Å². The largest absolute Gasteiger partial charge is 0.325 e. The highest BCUT2D eigenvalue weighted by atomic mass is 32.1. The molecule has 0 radical (unpaired) electrons. The second-order valence-electron chi connectivity index (χ2n) is 5.31. The van der Waals surface area contributed by atoms with Crippen LogP contribution in [0.3, 0.4) is 0 Å². The summed E-state index contributed by atoms with van der Waals surface area (Å²) in [4.78, 5) is 12.4. The summed E-state index contributed by atoms with van der Waals surface area (Å²) in [6, 6.07) is 8.00. The Morgan fingerprint density at radius 3 is 2.83 bits per heavy atom. The van der Waals surface area contributed by atoms with E-state index in [1.807, 2.05) is 17.5 Å². The third-order valence-corrected chi connectivity index (χ3v) is 4.85. The SMILES string of the molecule is NC1(CC(=O)c2cccc3ccsc23)CCCC1. The summed E-state index contributed by atoms with van der Waals surface area (Å²) in [5.74, 6) is 0.201. The van der Waals surface area contributed by atoms with E-state index >= 15 is 0 Å². The van der Waals surface area contributed by atoms with E-state index in [0.29, 0.717) is 6.42 Å². The van der Waals surface area contributed by atoms with Crippen LogP contribution >= 0.6 is 11.3 Å². The lowest BCUT2D eigenvalue weighted by molar-refractivity contribution is 0.0954. The van der Waals surface area contributed by atoms with E-state index in [9.17, 15) is 4.79 Å². The van der Waals surface area contributed by atoms with Gasteiger partial charge < -0.3 is 5.73 Å². The van der Waals surface area contributed by atoms with Gasteiger partial charge in [0.2, 0.25) is 0 Å². The fourth-order valence-electron chi connectivity index (χ4n) is 2.88. The number of Topliss-reactive ketones (excluding diaryl/α,β-unsaturated/α-hetero) is 1. The van der Waals surface area contributed by atoms with Gasteiger partial charge in [0.15, 0.2) is 5.78 Å². The van der Waals surface area contributed by atoms with Crippen molar-refractivity contribution in [3.8, 4) is 0 Å². The number of carbonyl (C=O) groups excluding carboxylic acids is 1. The van der Waals surface area contributed by atoms with Gasteiger partial charge in [0.1, 0.15) is 0 Å². The molecular weight excluding hydrogens is 242 g/mol. The molecule has 0 unspecified atom stereocenters. The van der Waals surface area contributed by atoms with Crippen molar-refractivity contribution in [2.45, 2.75) is 37.6 Å². The Labute approximate surface area is 111 Å². The quantitative estimate of drug-likeness (QED) is 0.853. The van der Waals surface area contributed by atoms with Crippen molar-refractivity contribution in [1.82, 2.24) is 0 Å². The van der Waals surface area contributed by atoms with Crippen molar-refractivity contribution in [3.05, 3.63) is 35.2 Å². The summed E-state index contributed by atoms with van der Waals surface area (Å²) in [5, 5.41) is 3.19. The molecule has 1 aromatic carbocycles. The fraction of sp³-hybridized carbons (Fsp3) is 0.400. The molecule has 1 aliphatic rings. The molecule has 0 spiro atoms. The number of benzene rings is 1. The van der Waals surface area contributed by atoms with Crippen molar-refractivity contribution in [2.75, 3.05) is 0 Å². The maximum absolute atomic E-state index is 12.4. The summed E-state index contributed by atoms with van der Waals surface area (Å²) in [5.41, 5.74) is 6.89. The number of ketones is 1. The van der Waals surface area contributed by atoms with Gasteiger partial charge >= 0.3 is 0 Å². The van der Waals surface area contributed by atoms with Crippen molar-refractivity contribution < 1.29 is 4.79 Å². The first kappa shape index (κ1) is 11.9. The minimum absolute atomic E-state index is 0.201. The van der Waals surface area contributed by atoms with Crippen LogP contribution in [0.4, 0.5) is 0 Å². The van der Waals surface area contributed by atoms with E-state index in [4.69, 9.17) is 5.73 Å². The highest BCUT2D eigenvalue weighted by Crippen LogP contribution is 2.33. The summed E-state index contributed by atoms with van der Waals surface area (Å²) >= 11 is 1.64. The molecule has 0 atom stereocenters. The summed E-state index contributed by atoms with van der Waals surface area (Å²) in [7, 11) is 0. The summed E-state index contributed by atoms with van der Waals surface area (Å²) in [6.45, 7) is 0. The Kier molecular flexibility index (Phi) is 2.96. The molecule has 1 aliphatic carbocycles. The molecular formula is C15H17NOS. The van der Waals surface area contributed by atoms with Crippen LogP contribution in [0.15, 0.2) is 29.6 Å². The van der Waals surface area contributed by atoms with Crippen LogP contribution in [0.2, 0.25) is 0 Å². The predicted molar refractivity (Wildman–Crippen MR) is 76.2 cm³/mol. The molecule has 2 N–H and O–H groups in total. The molecule has 0 bridgehead atoms. The van der Waals surface area contributed by atoms with E-state index in [0.717, 1.165) is 41.3 Å². The minimum Gasteiger partial charge on any atom is -0.325 e. The molecule has 1 fully saturated rings. The minimum atomic E-state index is -0.253. The highest BCUT2D eigenvalue weighted by molar-refractivity contribution is 7.17. The third-order valence-electron chi connectivity index (χ3n) is 3.89. The smallest absolute Gasteiger partial charge is 0.166 e. The van der Waals surface area contributed by atoms with Crippen LogP contribution in [-0.2, 0) is 0 Å². The lowest BCUT2D eigenvalue weighted by Crippen LogP contribution is -2.38. The number of thiophene rings is 1. The zero-order valence-corrected chi connectivity index (χ0v) is 11.1. The first-order chi connectivity index (χ1) is 8.68. The molecule has 1 saturated carbocycles. The Hall–Kier alpha value is -1.19. The molecule has 2 nitrogen and oxygen atoms in total. The Balaban J connectivity index is 1.90. The zero-order chi connectivity index (χ0) is 12.6. The maximum Gasteiger partial charge on any atom is 0.166 e. The molecule has 2 aromatic rings. The summed E-state index contributed by atoms with van der Waals surface area (Å²) in [6.07, 6.45) is 4.78. The molecule has 0 aliphatic heterocycles. The first-order valence-corrected chi connectivity index (χ1v) is 7.34. The fourth-order valence-corrected chi connectivity index (χ4v) is 3.82. The van der Waals surface area contributed by atoms with Gasteiger partial charge in [-0.05, 0) is 35.7 Å². The highest BCUT2D eigenvalue weighted by Gasteiger charge is 2.32. The van der Waals surface area contributed by atoms with Gasteiger partial charge in [-0.25, -0.2) is 0 Å². The predicted octanol–water partition coefficient (Wildman–Crippen LogP) is 3.75. The molecule has 0 saturated heterocycles. The van der Waals surface area contributed by atoms with E-state index < -0.39 is 0 Å². The van der Waals surface area contributed by atoms with Crippen LogP contribution < -0.4 is 5.73 Å². The van der Waals surface area contributed by atoms with Crippen LogP contribution in [0.25, 0.3) is 10.1 Å². The lowest BCUT2D eigenvalue weighted by Gasteiger charge is -2.22. The van der Waals surface area contributed by atoms with Crippen molar-refractivity contribution >= 4 is 27.2 Å². The van der Waals surface area contributed by atoms with Gasteiger partial charge in [0, 0.05) is 22.2 Å². The second kappa shape index (κ2) is 4.48. The van der Waals surface area contributed by atoms with E-state index in [1.165, 1.54) is 0 Å². The molecule has 0 amide bonds. The van der Waals surface area contributed by atoms with E-state index in [1.54, 1.807) is 11.3 Å². The molecule has 94 valence electrons. The normalized spacial score (nSPS) is 18.3. The zero-order valence-electron chi connectivity index (χ0n) is 10.3. The molecule has 18 heavy (non-hydrogen) atoms. The van der Waals surface area contributed by atoms with Gasteiger partial charge in [0.05, 0.1) is 0 Å². The maximum atomic E-state index is 12.4. The number of hydrogen-bond donors (Lipinski definition) is 1. The second-order valence-corrected chi connectivity index (χ2v) is 6.23. The summed E-state index contributed by atoms with van der Waals surface area (Å²) < 4.78 is 1.10. The third kappa shape index (κ3) is 2.08. The average molecular weight is 259 g/mol. The molecule has 3 heteroatoms. The topological polar surface area (TPSA) is 43.1 Å². The standard InChI is InChI=1S/C15H17NOS/c16-15(7-1-2-8-15)10-13(17)12-5-3-4-11-6-9-18-14(11)12/h3-6,9H,1-2,7-8,10,16H2. The number of hydrogen-bond acceptors (Lipinski definition) is 3. The number of rotatable bonds is 3. The van der Waals surface area contributed by atoms with Crippen molar-refractivity contribution in [2.24, 2.45) is 5.73 Å². The lowest BCUT2D eigenvalue weighted by atomic mass is 9.90. The Bertz CT molecular complexity index is 581. The number of carbonyl (C=O) groups is 1. The number of fused-ring (bicyclic) bond motifs is 1. The van der Waals surface area contributed by atoms with E-state index in [-0.39, 0.29) is 11.3 Å². The molecule has 1 heterocycles. The van der Waals surface area contributed by atoms with Gasteiger partial charge in [-0.1, -0.05) is 25.0 Å². The van der Waals surface area contributed by atoms with Crippen molar-refractivity contribution in [1.29, 1.82) is 0 Å². The first-order valence-electron chi connectivity index (χ1n) is 6.46. The van der Waals surface area contributed by atoms with Gasteiger partial charge in [0.25, 0.3) is 0 Å². The number of nitrogens with two attached hydrogens (primary N) is 1. The van der Waals surface area contributed by atoms with Gasteiger partial charge in [-0.3, -0.25) is 4.79 Å². The van der Waals surface area contributed by atoms with E-state index in [2.05, 4.69) is 12.1 Å². The Morgan fingerprint density at radius 2 is 2.06 bits per heavy atom. The average Bonchev–Trinajstić information content (AvgIpc) is 2.96. The van der Waals surface area contributed by atoms with Gasteiger partial charge in [-0.15, -0.1) is 11.3 Å². The van der Waals surface area contributed by atoms with Crippen LogP contribution in [-0.4, -0.2) is 11.3 Å². The monoisotopic (exact) mass is 259 g/mol. The van der Waals surface area contributed by atoms with Crippen LogP contribution in [0, 0.1) is 0 Å². The molecule has 3 rings (SSSR count). The van der Waals surface area contributed by atoms with Crippen molar-refractivity contribution in [3.63, 3.8) is 0 Å². The van der Waals surface area contributed by atoms with Crippen LogP contribution in [0.1, 0.15) is 42.5 Å². The Morgan fingerprint density at radius 1 is 1.28 bits per heavy atom. The molecule has 1 aromatic heterocycles. The van der Waals surface area contributed by atoms with Gasteiger partial charge in [-0.2, -0.15) is 0 Å².